The molecule has 0 aromatic carbocycles. The van der Waals surface area contributed by atoms with E-state index in [9.17, 15) is 4.79 Å². The van der Waals surface area contributed by atoms with Gasteiger partial charge in [-0.05, 0) is 63.7 Å². The molecule has 3 nitrogen and oxygen atoms in total. The topological polar surface area (TPSA) is 38.8 Å². The molecule has 0 aromatic rings. The summed E-state index contributed by atoms with van der Waals surface area (Å²) < 4.78 is 11.3. The lowest BCUT2D eigenvalue weighted by Gasteiger charge is -2.38. The zero-order valence-corrected chi connectivity index (χ0v) is 19.1. The first-order chi connectivity index (χ1) is 13.6. The molecule has 1 aliphatic carbocycles. The Hall–Kier alpha value is -0.570. The van der Waals surface area contributed by atoms with Crippen molar-refractivity contribution in [3.8, 4) is 0 Å². The Labute approximate surface area is 174 Å². The maximum atomic E-state index is 13.0. The number of epoxide rings is 1. The largest absolute Gasteiger partial charge is 0.466 e. The van der Waals surface area contributed by atoms with Crippen LogP contribution in [0.15, 0.2) is 0 Å². The van der Waals surface area contributed by atoms with Gasteiger partial charge in [0.15, 0.2) is 0 Å². The van der Waals surface area contributed by atoms with Gasteiger partial charge in [0.2, 0.25) is 0 Å². The molecular weight excluding hydrogens is 348 g/mol. The minimum absolute atomic E-state index is 0.0604. The Morgan fingerprint density at radius 1 is 0.964 bits per heavy atom. The van der Waals surface area contributed by atoms with Crippen molar-refractivity contribution in [3.05, 3.63) is 0 Å². The lowest BCUT2D eigenvalue weighted by molar-refractivity contribution is -0.160. The third-order valence-corrected chi connectivity index (χ3v) is 7.67. The monoisotopic (exact) mass is 394 g/mol. The third-order valence-electron chi connectivity index (χ3n) is 7.67. The van der Waals surface area contributed by atoms with Gasteiger partial charge >= 0.3 is 5.97 Å². The van der Waals surface area contributed by atoms with Crippen LogP contribution < -0.4 is 0 Å². The van der Waals surface area contributed by atoms with E-state index in [2.05, 4.69) is 20.8 Å². The van der Waals surface area contributed by atoms with Gasteiger partial charge in [-0.25, -0.2) is 0 Å². The second-order valence-corrected chi connectivity index (χ2v) is 9.31. The highest BCUT2D eigenvalue weighted by atomic mass is 16.6. The van der Waals surface area contributed by atoms with Gasteiger partial charge in [0, 0.05) is 0 Å². The first-order valence-electron chi connectivity index (χ1n) is 12.4. The van der Waals surface area contributed by atoms with Crippen LogP contribution in [0.4, 0.5) is 0 Å². The van der Waals surface area contributed by atoms with Crippen molar-refractivity contribution in [1.29, 1.82) is 0 Å². The Bertz CT molecular complexity index is 443. The van der Waals surface area contributed by atoms with Crippen LogP contribution in [0.3, 0.4) is 0 Å². The summed E-state index contributed by atoms with van der Waals surface area (Å²) in [5.74, 6) is 1.32. The molecule has 2 fully saturated rings. The minimum atomic E-state index is -0.285. The zero-order valence-electron chi connectivity index (χ0n) is 19.1. The average Bonchev–Trinajstić information content (AvgIpc) is 3.48. The number of rotatable bonds is 15. The highest BCUT2D eigenvalue weighted by molar-refractivity contribution is 5.77. The van der Waals surface area contributed by atoms with E-state index in [1.54, 1.807) is 0 Å². The van der Waals surface area contributed by atoms with Crippen LogP contribution in [0, 0.1) is 17.3 Å². The summed E-state index contributed by atoms with van der Waals surface area (Å²) in [5.41, 5.74) is -0.285. The number of hydrogen-bond acceptors (Lipinski definition) is 3. The molecule has 164 valence electrons. The first-order valence-corrected chi connectivity index (χ1v) is 12.4. The second kappa shape index (κ2) is 12.2. The maximum absolute atomic E-state index is 13.0. The molecule has 0 aromatic heterocycles. The maximum Gasteiger partial charge on any atom is 0.312 e. The molecule has 28 heavy (non-hydrogen) atoms. The van der Waals surface area contributed by atoms with E-state index in [-0.39, 0.29) is 11.4 Å². The Morgan fingerprint density at radius 2 is 1.68 bits per heavy atom. The van der Waals surface area contributed by atoms with Crippen LogP contribution >= 0.6 is 0 Å². The molecule has 0 spiro atoms. The number of esters is 1. The summed E-state index contributed by atoms with van der Waals surface area (Å²) in [6, 6.07) is 0. The molecule has 0 bridgehead atoms. The van der Waals surface area contributed by atoms with Gasteiger partial charge in [0.1, 0.15) is 0 Å². The molecule has 2 rings (SSSR count). The van der Waals surface area contributed by atoms with Gasteiger partial charge in [-0.1, -0.05) is 65.7 Å². The smallest absolute Gasteiger partial charge is 0.312 e. The van der Waals surface area contributed by atoms with Crippen molar-refractivity contribution in [2.75, 3.05) is 6.61 Å². The van der Waals surface area contributed by atoms with Gasteiger partial charge < -0.3 is 9.47 Å². The normalized spacial score (nSPS) is 25.2. The minimum Gasteiger partial charge on any atom is -0.466 e. The van der Waals surface area contributed by atoms with Gasteiger partial charge in [0.25, 0.3) is 0 Å². The van der Waals surface area contributed by atoms with Crippen LogP contribution in [-0.2, 0) is 14.3 Å². The molecule has 0 N–H and O–H groups in total. The Balaban J connectivity index is 1.94. The lowest BCUT2D eigenvalue weighted by Crippen LogP contribution is -2.39. The van der Waals surface area contributed by atoms with E-state index < -0.39 is 0 Å². The lowest BCUT2D eigenvalue weighted by atomic mass is 9.66. The van der Waals surface area contributed by atoms with Crippen molar-refractivity contribution in [1.82, 2.24) is 0 Å². The number of carbonyl (C=O) groups excluding carboxylic acids is 1. The van der Waals surface area contributed by atoms with E-state index in [0.29, 0.717) is 24.7 Å². The summed E-state index contributed by atoms with van der Waals surface area (Å²) >= 11 is 0. The Morgan fingerprint density at radius 3 is 2.32 bits per heavy atom. The molecule has 1 saturated carbocycles. The van der Waals surface area contributed by atoms with E-state index >= 15 is 0 Å². The summed E-state index contributed by atoms with van der Waals surface area (Å²) in [6.07, 6.45) is 18.3. The molecule has 0 radical (unpaired) electrons. The summed E-state index contributed by atoms with van der Waals surface area (Å²) in [4.78, 5) is 13.0. The molecular formula is C25H46O3. The molecule has 1 heterocycles. The summed E-state index contributed by atoms with van der Waals surface area (Å²) in [6.45, 7) is 9.08. The molecule has 1 aliphatic heterocycles. The third kappa shape index (κ3) is 6.47. The highest BCUT2D eigenvalue weighted by Crippen LogP contribution is 2.46. The van der Waals surface area contributed by atoms with Gasteiger partial charge in [0.05, 0.1) is 24.2 Å². The Kier molecular flexibility index (Phi) is 10.3. The van der Waals surface area contributed by atoms with Crippen LogP contribution in [0.25, 0.3) is 0 Å². The molecule has 2 aliphatic rings. The number of unbranched alkanes of at least 4 members (excludes halogenated alkanes) is 5. The van der Waals surface area contributed by atoms with Crippen molar-refractivity contribution < 1.29 is 14.3 Å². The fraction of sp³-hybridized carbons (Fsp3) is 0.960. The predicted octanol–water partition coefficient (Wildman–Crippen LogP) is 7.07. The van der Waals surface area contributed by atoms with Crippen molar-refractivity contribution >= 4 is 5.97 Å². The van der Waals surface area contributed by atoms with E-state index in [1.807, 2.05) is 6.92 Å². The van der Waals surface area contributed by atoms with Crippen molar-refractivity contribution in [2.24, 2.45) is 17.3 Å². The molecule has 0 amide bonds. The zero-order chi connectivity index (χ0) is 20.4. The molecule has 1 saturated heterocycles. The fourth-order valence-electron chi connectivity index (χ4n) is 5.61. The van der Waals surface area contributed by atoms with Crippen LogP contribution in [0.5, 0.6) is 0 Å². The van der Waals surface area contributed by atoms with Crippen molar-refractivity contribution in [3.63, 3.8) is 0 Å². The van der Waals surface area contributed by atoms with Gasteiger partial charge in [-0.2, -0.15) is 0 Å². The fourth-order valence-corrected chi connectivity index (χ4v) is 5.61. The van der Waals surface area contributed by atoms with E-state index in [0.717, 1.165) is 18.8 Å². The van der Waals surface area contributed by atoms with E-state index in [1.165, 1.54) is 77.0 Å². The molecule has 4 atom stereocenters. The number of hydrogen-bond donors (Lipinski definition) is 0. The summed E-state index contributed by atoms with van der Waals surface area (Å²) in [7, 11) is 0. The predicted molar refractivity (Wildman–Crippen MR) is 116 cm³/mol. The second-order valence-electron chi connectivity index (χ2n) is 9.31. The van der Waals surface area contributed by atoms with Crippen LogP contribution in [0.1, 0.15) is 118 Å². The van der Waals surface area contributed by atoms with Crippen LogP contribution in [-0.4, -0.2) is 24.8 Å². The summed E-state index contributed by atoms with van der Waals surface area (Å²) in [5, 5.41) is 0. The average molecular weight is 395 g/mol. The number of carbonyl (C=O) groups is 1. The first kappa shape index (κ1) is 23.7. The van der Waals surface area contributed by atoms with Crippen LogP contribution in [0.2, 0.25) is 0 Å². The SMILES string of the molecule is CCCCCCCCC(CCC1CCC2OC2C1)C(CC)(CC)C(=O)OCC. The van der Waals surface area contributed by atoms with Crippen molar-refractivity contribution in [2.45, 2.75) is 130 Å². The van der Waals surface area contributed by atoms with E-state index in [4.69, 9.17) is 9.47 Å². The van der Waals surface area contributed by atoms with Gasteiger partial charge in [-0.15, -0.1) is 0 Å². The molecule has 3 heteroatoms. The highest BCUT2D eigenvalue weighted by Gasteiger charge is 2.46. The quantitative estimate of drug-likeness (QED) is 0.169. The number of ether oxygens (including phenoxy) is 2. The molecule has 4 unspecified atom stereocenters. The number of fused-ring (bicyclic) bond motifs is 1. The van der Waals surface area contributed by atoms with Gasteiger partial charge in [-0.3, -0.25) is 4.79 Å². The standard InChI is InChI=1S/C25H46O3/c1-5-9-10-11-12-13-14-21(25(6-2,7-3)24(26)27-8-4)17-15-20-16-18-22-23(19-20)28-22/h20-23H,5-19H2,1-4H3.